The molecule has 0 saturated heterocycles. The van der Waals surface area contributed by atoms with E-state index in [4.69, 9.17) is 13.8 Å². The van der Waals surface area contributed by atoms with Crippen molar-refractivity contribution in [3.8, 4) is 67.5 Å². The third-order valence-electron chi connectivity index (χ3n) is 19.0. The molecule has 0 unspecified atom stereocenters. The number of para-hydroxylation sites is 6. The molecule has 2 aliphatic heterocycles. The van der Waals surface area contributed by atoms with Crippen LogP contribution in [0.4, 0.5) is 22.7 Å². The van der Waals surface area contributed by atoms with Crippen LogP contribution in [0.2, 0.25) is 0 Å². The van der Waals surface area contributed by atoms with E-state index in [9.17, 15) is 0 Å². The highest BCUT2D eigenvalue weighted by atomic mass is 28.3. The summed E-state index contributed by atoms with van der Waals surface area (Å²) in [5.41, 5.74) is 18.2. The van der Waals surface area contributed by atoms with E-state index in [1.54, 1.807) is 18.3 Å². The van der Waals surface area contributed by atoms with Crippen molar-refractivity contribution in [1.82, 2.24) is 14.1 Å². The van der Waals surface area contributed by atoms with Crippen molar-refractivity contribution in [3.63, 3.8) is 0 Å². The lowest BCUT2D eigenvalue weighted by atomic mass is 9.90. The van der Waals surface area contributed by atoms with E-state index in [1.165, 1.54) is 15.6 Å². The number of benzene rings is 13. The molecule has 0 bridgehead atoms. The zero-order valence-corrected chi connectivity index (χ0v) is 51.0. The molecule has 3 aromatic heterocycles. The molecule has 6 nitrogen and oxygen atoms in total. The Labute approximate surface area is 539 Å². The normalized spacial score (nSPS) is 13.7. The highest BCUT2D eigenvalue weighted by Crippen LogP contribution is 2.53. The first kappa shape index (κ1) is 50.1. The van der Waals surface area contributed by atoms with Gasteiger partial charge in [-0.1, -0.05) is 255 Å². The van der Waals surface area contributed by atoms with Gasteiger partial charge in [-0.3, -0.25) is 4.57 Å². The van der Waals surface area contributed by atoms with Gasteiger partial charge >= 0.3 is 0 Å². The van der Waals surface area contributed by atoms with Crippen molar-refractivity contribution in [2.75, 3.05) is 16.5 Å². The minimum Gasteiger partial charge on any atom is -0.455 e. The average Bonchev–Trinajstić information content (AvgIpc) is 1.52. The van der Waals surface area contributed by atoms with E-state index in [0.29, 0.717) is 24.0 Å². The Morgan fingerprint density at radius 3 is 1.60 bits per heavy atom. The number of hydrogen-bond acceptors (Lipinski definition) is 4. The molecular formula is C85H59N5OSi. The lowest BCUT2D eigenvalue weighted by molar-refractivity contribution is 0.485. The Bertz CT molecular complexity index is 5600. The second-order valence-corrected chi connectivity index (χ2v) is 27.6. The molecule has 0 radical (unpaired) electrons. The van der Waals surface area contributed by atoms with Crippen molar-refractivity contribution in [2.24, 2.45) is 0 Å². The number of rotatable bonds is 11. The molecule has 18 rings (SSSR count). The van der Waals surface area contributed by atoms with Gasteiger partial charge in [-0.05, 0) is 116 Å². The summed E-state index contributed by atoms with van der Waals surface area (Å²) < 4.78 is 38.7. The monoisotopic (exact) mass is 1200 g/mol. The predicted molar refractivity (Wildman–Crippen MR) is 385 cm³/mol. The van der Waals surface area contributed by atoms with Gasteiger partial charge < -0.3 is 19.1 Å². The van der Waals surface area contributed by atoms with Gasteiger partial charge in [0.2, 0.25) is 0 Å². The summed E-state index contributed by atoms with van der Waals surface area (Å²) in [6, 6.07) is 115. The van der Waals surface area contributed by atoms with E-state index < -0.39 is 14.9 Å². The number of pyridine rings is 1. The first-order chi connectivity index (χ1) is 46.8. The number of anilines is 4. The molecule has 0 atom stereocenters. The van der Waals surface area contributed by atoms with Crippen LogP contribution in [0, 0.1) is 6.85 Å². The highest BCUT2D eigenvalue weighted by Gasteiger charge is 2.52. The van der Waals surface area contributed by atoms with E-state index in [0.717, 1.165) is 122 Å². The molecular weight excluding hydrogens is 1140 g/mol. The summed E-state index contributed by atoms with van der Waals surface area (Å²) in [6.07, 6.45) is 1.62. The molecule has 0 aliphatic carbocycles. The van der Waals surface area contributed by atoms with Gasteiger partial charge in [-0.25, -0.2) is 4.98 Å². The van der Waals surface area contributed by atoms with Gasteiger partial charge in [-0.15, -0.1) is 0 Å². The maximum absolute atomic E-state index is 8.62. The van der Waals surface area contributed by atoms with E-state index >= 15 is 0 Å². The Morgan fingerprint density at radius 2 is 0.924 bits per heavy atom. The Balaban J connectivity index is 0.919. The van der Waals surface area contributed by atoms with Crippen LogP contribution in [-0.2, 0) is 0 Å². The van der Waals surface area contributed by atoms with Crippen LogP contribution in [0.3, 0.4) is 0 Å². The zero-order chi connectivity index (χ0) is 63.4. The van der Waals surface area contributed by atoms with Gasteiger partial charge in [0.1, 0.15) is 18.2 Å². The van der Waals surface area contributed by atoms with Gasteiger partial charge in [0.25, 0.3) is 0 Å². The fourth-order valence-corrected chi connectivity index (χ4v) is 20.5. The first-order valence-corrected chi connectivity index (χ1v) is 33.4. The minimum atomic E-state index is -3.38. The fraction of sp³-hybridized carbons (Fsp3) is 0.0235. The standard InChI is InChI=1S/C85H59N5OSi/c1-57-51-52-86-81(53-57)90-73-45-22-18-39-69(73)82-77(90)55-79(85-83(82)70-40-19-25-48-80(70)92(85,61-31-10-4-11-32-61)62-33-12-5-13-34-62)91-78-54-60(49-50-76(78)89-71-43-20-16-37-66(71)67-38-17-21-44-72(67)89)87-56-88(75-47-24-23-46-74(75)87)84-64(59-29-8-3-9-30-59)41-26-42-68(84)65-36-15-14-35-63(65)58-27-6-2-7-28-58/h2-55H,56H2,1H3/i1D3. The number of aryl methyl sites for hydroxylation is 1. The number of aromatic nitrogens is 3. The highest BCUT2D eigenvalue weighted by molar-refractivity contribution is 7.22. The van der Waals surface area contributed by atoms with E-state index in [2.05, 4.69) is 328 Å². The smallest absolute Gasteiger partial charge is 0.185 e. The first-order valence-electron chi connectivity index (χ1n) is 32.9. The van der Waals surface area contributed by atoms with Gasteiger partial charge in [-0.2, -0.15) is 0 Å². The number of nitrogens with zero attached hydrogens (tertiary/aromatic N) is 5. The number of fused-ring (bicyclic) bond motifs is 11. The number of hydrogen-bond donors (Lipinski definition) is 0. The van der Waals surface area contributed by atoms with Crippen LogP contribution in [0.5, 0.6) is 11.5 Å². The van der Waals surface area contributed by atoms with Gasteiger partial charge in [0, 0.05) is 66.0 Å². The van der Waals surface area contributed by atoms with Crippen LogP contribution < -0.4 is 35.3 Å². The quantitative estimate of drug-likeness (QED) is 0.121. The topological polar surface area (TPSA) is 38.5 Å². The second-order valence-electron chi connectivity index (χ2n) is 23.9. The minimum absolute atomic E-state index is 0.211. The van der Waals surface area contributed by atoms with Crippen molar-refractivity contribution in [2.45, 2.75) is 6.85 Å². The van der Waals surface area contributed by atoms with E-state index in [1.807, 2.05) is 0 Å². The fourth-order valence-electron chi connectivity index (χ4n) is 15.3. The van der Waals surface area contributed by atoms with Crippen LogP contribution >= 0.6 is 0 Å². The summed E-state index contributed by atoms with van der Waals surface area (Å²) in [4.78, 5) is 9.95. The maximum Gasteiger partial charge on any atom is 0.185 e. The van der Waals surface area contributed by atoms with Crippen molar-refractivity contribution >= 4 is 95.2 Å². The molecule has 0 fully saturated rings. The van der Waals surface area contributed by atoms with Crippen LogP contribution in [0.1, 0.15) is 9.68 Å². The third kappa shape index (κ3) is 8.15. The molecule has 0 N–H and O–H groups in total. The van der Waals surface area contributed by atoms with Gasteiger partial charge in [0.05, 0.1) is 44.8 Å². The second kappa shape index (κ2) is 21.5. The molecule has 434 valence electrons. The molecule has 7 heteroatoms. The lowest BCUT2D eigenvalue weighted by Crippen LogP contribution is -2.73. The van der Waals surface area contributed by atoms with Crippen molar-refractivity contribution in [3.05, 3.63) is 333 Å². The van der Waals surface area contributed by atoms with Crippen molar-refractivity contribution < 1.29 is 8.85 Å². The Morgan fingerprint density at radius 1 is 0.391 bits per heavy atom. The molecule has 0 spiro atoms. The molecule has 13 aromatic carbocycles. The molecule has 5 heterocycles. The van der Waals surface area contributed by atoms with E-state index in [-0.39, 0.29) is 5.56 Å². The van der Waals surface area contributed by atoms with Gasteiger partial charge in [0.15, 0.2) is 13.8 Å². The molecule has 92 heavy (non-hydrogen) atoms. The maximum atomic E-state index is 8.62. The lowest BCUT2D eigenvalue weighted by Gasteiger charge is -2.32. The Hall–Kier alpha value is -11.8. The molecule has 16 aromatic rings. The molecule has 2 aliphatic rings. The predicted octanol–water partition coefficient (Wildman–Crippen LogP) is 19.0. The van der Waals surface area contributed by atoms with Crippen LogP contribution in [0.25, 0.3) is 99.6 Å². The molecule has 0 saturated carbocycles. The number of ether oxygens (including phenoxy) is 1. The molecule has 0 amide bonds. The largest absolute Gasteiger partial charge is 0.455 e. The average molecular weight is 1200 g/mol. The van der Waals surface area contributed by atoms with Crippen LogP contribution in [-0.4, -0.2) is 28.9 Å². The van der Waals surface area contributed by atoms with Crippen LogP contribution in [0.15, 0.2) is 328 Å². The summed E-state index contributed by atoms with van der Waals surface area (Å²) in [6.45, 7) is -1.89. The Kier molecular flexibility index (Phi) is 11.7. The summed E-state index contributed by atoms with van der Waals surface area (Å²) >= 11 is 0. The third-order valence-corrected chi connectivity index (χ3v) is 23.9. The van der Waals surface area contributed by atoms with Crippen molar-refractivity contribution in [1.29, 1.82) is 0 Å². The zero-order valence-electron chi connectivity index (χ0n) is 53.0. The summed E-state index contributed by atoms with van der Waals surface area (Å²) in [5, 5.41) is 9.19. The summed E-state index contributed by atoms with van der Waals surface area (Å²) in [7, 11) is -3.38. The summed E-state index contributed by atoms with van der Waals surface area (Å²) in [5.74, 6) is 1.85. The SMILES string of the molecule is [2H]C([2H])([2H])c1ccnc(-n2c3ccccc3c3c4c(c(Oc5cc(N6CN(c7c(-c8ccccc8)cccc7-c7ccccc7-c7ccccc7)c7ccccc76)ccc5-n5c6ccccc6c6ccccc65)cc32)[Si](c2ccccc2)(c2ccccc2)c2ccccc2-4)c1.